The van der Waals surface area contributed by atoms with Crippen LogP contribution in [0.25, 0.3) is 0 Å². The van der Waals surface area contributed by atoms with Crippen LogP contribution in [0.4, 0.5) is 0 Å². The molecule has 15 heavy (non-hydrogen) atoms. The van der Waals surface area contributed by atoms with Crippen LogP contribution in [0.1, 0.15) is 27.2 Å². The highest BCUT2D eigenvalue weighted by molar-refractivity contribution is 8.02. The molecule has 0 aromatic heterocycles. The number of fused-ring (bicyclic) bond motifs is 1. The quantitative estimate of drug-likeness (QED) is 0.641. The minimum Gasteiger partial charge on any atom is -0.455 e. The van der Waals surface area contributed by atoms with Crippen LogP contribution in [0, 0.1) is 0 Å². The van der Waals surface area contributed by atoms with E-state index in [-0.39, 0.29) is 5.97 Å². The summed E-state index contributed by atoms with van der Waals surface area (Å²) in [7, 11) is 0. The molecule has 0 bridgehead atoms. The number of ether oxygens (including phenoxy) is 1. The second-order valence-corrected chi connectivity index (χ2v) is 5.88. The van der Waals surface area contributed by atoms with Gasteiger partial charge in [-0.15, -0.1) is 11.8 Å². The number of rotatable bonds is 1. The zero-order valence-electron chi connectivity index (χ0n) is 9.45. The number of thioether (sulfide) groups is 1. The maximum absolute atomic E-state index is 11.9. The molecule has 2 aliphatic rings. The van der Waals surface area contributed by atoms with E-state index in [9.17, 15) is 4.79 Å². The van der Waals surface area contributed by atoms with Gasteiger partial charge in [-0.3, -0.25) is 0 Å². The first kappa shape index (κ1) is 10.9. The standard InChI is InChI=1S/C11H17NO2S/c1-11(2,3)14-10(13)9-7-15-6-8-4-5-12(8)9/h7-8H,4-6H2,1-3H3. The Morgan fingerprint density at radius 1 is 1.60 bits per heavy atom. The molecule has 0 aromatic carbocycles. The Kier molecular flexibility index (Phi) is 2.71. The van der Waals surface area contributed by atoms with E-state index in [0.717, 1.165) is 18.0 Å². The number of carbonyl (C=O) groups excluding carboxylic acids is 1. The summed E-state index contributed by atoms with van der Waals surface area (Å²) in [5.74, 6) is 0.922. The molecule has 1 unspecified atom stereocenters. The van der Waals surface area contributed by atoms with E-state index in [1.165, 1.54) is 6.42 Å². The fourth-order valence-corrected chi connectivity index (χ4v) is 2.79. The smallest absolute Gasteiger partial charge is 0.355 e. The summed E-state index contributed by atoms with van der Waals surface area (Å²) in [5.41, 5.74) is 0.345. The first-order valence-electron chi connectivity index (χ1n) is 5.29. The van der Waals surface area contributed by atoms with Crippen LogP contribution in [0.3, 0.4) is 0 Å². The largest absolute Gasteiger partial charge is 0.455 e. The predicted molar refractivity (Wildman–Crippen MR) is 61.5 cm³/mol. The van der Waals surface area contributed by atoms with E-state index >= 15 is 0 Å². The Morgan fingerprint density at radius 2 is 2.33 bits per heavy atom. The molecule has 3 nitrogen and oxygen atoms in total. The van der Waals surface area contributed by atoms with Crippen molar-refractivity contribution in [2.24, 2.45) is 0 Å². The molecule has 0 amide bonds. The fourth-order valence-electron chi connectivity index (χ4n) is 1.73. The van der Waals surface area contributed by atoms with Gasteiger partial charge in [0, 0.05) is 23.7 Å². The third-order valence-electron chi connectivity index (χ3n) is 2.55. The number of hydrogen-bond acceptors (Lipinski definition) is 4. The SMILES string of the molecule is CC(C)(C)OC(=O)C1=CSCC2CCN12. The van der Waals surface area contributed by atoms with Gasteiger partial charge in [-0.2, -0.15) is 0 Å². The molecule has 1 fully saturated rings. The highest BCUT2D eigenvalue weighted by atomic mass is 32.2. The lowest BCUT2D eigenvalue weighted by molar-refractivity contribution is -0.153. The van der Waals surface area contributed by atoms with Gasteiger partial charge in [0.05, 0.1) is 0 Å². The summed E-state index contributed by atoms with van der Waals surface area (Å²) >= 11 is 1.72. The van der Waals surface area contributed by atoms with Crippen molar-refractivity contribution < 1.29 is 9.53 Å². The normalized spacial score (nSPS) is 25.1. The molecule has 0 spiro atoms. The van der Waals surface area contributed by atoms with Crippen molar-refractivity contribution in [3.8, 4) is 0 Å². The summed E-state index contributed by atoms with van der Waals surface area (Å²) in [5, 5.41) is 1.93. The maximum atomic E-state index is 11.9. The van der Waals surface area contributed by atoms with Gasteiger partial charge in [0.25, 0.3) is 0 Å². The van der Waals surface area contributed by atoms with Gasteiger partial charge in [-0.05, 0) is 27.2 Å². The second-order valence-electron chi connectivity index (χ2n) is 4.97. The van der Waals surface area contributed by atoms with Crippen LogP contribution in [-0.4, -0.2) is 34.8 Å². The Morgan fingerprint density at radius 3 is 2.87 bits per heavy atom. The zero-order chi connectivity index (χ0) is 11.1. The first-order chi connectivity index (χ1) is 6.97. The minimum atomic E-state index is -0.402. The predicted octanol–water partition coefficient (Wildman–Crippen LogP) is 1.99. The van der Waals surface area contributed by atoms with Gasteiger partial charge < -0.3 is 9.64 Å². The molecule has 0 radical (unpaired) electrons. The molecule has 1 atom stereocenters. The minimum absolute atomic E-state index is 0.181. The third-order valence-corrected chi connectivity index (χ3v) is 3.51. The topological polar surface area (TPSA) is 29.5 Å². The lowest BCUT2D eigenvalue weighted by Gasteiger charge is -2.45. The Bertz CT molecular complexity index is 306. The maximum Gasteiger partial charge on any atom is 0.355 e. The highest BCUT2D eigenvalue weighted by Gasteiger charge is 2.36. The molecule has 0 aliphatic carbocycles. The number of nitrogens with zero attached hydrogens (tertiary/aromatic N) is 1. The van der Waals surface area contributed by atoms with E-state index < -0.39 is 5.60 Å². The van der Waals surface area contributed by atoms with Gasteiger partial charge in [0.15, 0.2) is 0 Å². The molecular formula is C11H17NO2S. The molecule has 2 rings (SSSR count). The molecule has 2 aliphatic heterocycles. The van der Waals surface area contributed by atoms with Crippen molar-refractivity contribution in [3.05, 3.63) is 11.1 Å². The lowest BCUT2D eigenvalue weighted by Crippen LogP contribution is -2.51. The third kappa shape index (κ3) is 2.30. The average Bonchev–Trinajstić information content (AvgIpc) is 2.03. The van der Waals surface area contributed by atoms with Crippen LogP contribution in [0.2, 0.25) is 0 Å². The molecule has 0 N–H and O–H groups in total. The van der Waals surface area contributed by atoms with Crippen LogP contribution < -0.4 is 0 Å². The number of carbonyl (C=O) groups is 1. The molecule has 84 valence electrons. The van der Waals surface area contributed by atoms with Crippen molar-refractivity contribution in [2.75, 3.05) is 12.3 Å². The molecule has 4 heteroatoms. The molecule has 0 saturated carbocycles. The van der Waals surface area contributed by atoms with Crippen LogP contribution in [0.15, 0.2) is 11.1 Å². The second kappa shape index (κ2) is 3.74. The van der Waals surface area contributed by atoms with Crippen molar-refractivity contribution in [1.29, 1.82) is 0 Å². The van der Waals surface area contributed by atoms with E-state index in [1.807, 2.05) is 26.2 Å². The van der Waals surface area contributed by atoms with Gasteiger partial charge in [0.1, 0.15) is 11.3 Å². The van der Waals surface area contributed by atoms with Crippen molar-refractivity contribution in [2.45, 2.75) is 38.8 Å². The van der Waals surface area contributed by atoms with Crippen molar-refractivity contribution >= 4 is 17.7 Å². The Balaban J connectivity index is 2.03. The highest BCUT2D eigenvalue weighted by Crippen LogP contribution is 2.33. The lowest BCUT2D eigenvalue weighted by atomic mass is 10.0. The summed E-state index contributed by atoms with van der Waals surface area (Å²) in [4.78, 5) is 14.0. The van der Waals surface area contributed by atoms with Crippen molar-refractivity contribution in [1.82, 2.24) is 4.90 Å². The van der Waals surface area contributed by atoms with Crippen molar-refractivity contribution in [3.63, 3.8) is 0 Å². The summed E-state index contributed by atoms with van der Waals surface area (Å²) in [6, 6.07) is 0.558. The molecule has 2 heterocycles. The number of hydrogen-bond donors (Lipinski definition) is 0. The van der Waals surface area contributed by atoms with Crippen LogP contribution in [-0.2, 0) is 9.53 Å². The van der Waals surface area contributed by atoms with Crippen LogP contribution in [0.5, 0.6) is 0 Å². The average molecular weight is 227 g/mol. The fraction of sp³-hybridized carbons (Fsp3) is 0.727. The Labute approximate surface area is 94.8 Å². The van der Waals surface area contributed by atoms with Crippen LogP contribution >= 0.6 is 11.8 Å². The molecular weight excluding hydrogens is 210 g/mol. The van der Waals surface area contributed by atoms with E-state index in [0.29, 0.717) is 6.04 Å². The number of esters is 1. The van der Waals surface area contributed by atoms with Gasteiger partial charge in [-0.25, -0.2) is 4.79 Å². The van der Waals surface area contributed by atoms with E-state index in [1.54, 1.807) is 11.8 Å². The van der Waals surface area contributed by atoms with E-state index in [4.69, 9.17) is 4.74 Å². The van der Waals surface area contributed by atoms with Gasteiger partial charge in [0.2, 0.25) is 0 Å². The summed E-state index contributed by atoms with van der Waals surface area (Å²) < 4.78 is 5.37. The molecule has 1 saturated heterocycles. The van der Waals surface area contributed by atoms with Gasteiger partial charge >= 0.3 is 5.97 Å². The summed E-state index contributed by atoms with van der Waals surface area (Å²) in [6.45, 7) is 6.69. The van der Waals surface area contributed by atoms with Gasteiger partial charge in [-0.1, -0.05) is 0 Å². The summed E-state index contributed by atoms with van der Waals surface area (Å²) in [6.07, 6.45) is 1.20. The monoisotopic (exact) mass is 227 g/mol. The molecule has 0 aromatic rings. The Hall–Kier alpha value is -0.640. The first-order valence-corrected chi connectivity index (χ1v) is 6.34. The zero-order valence-corrected chi connectivity index (χ0v) is 10.3. The van der Waals surface area contributed by atoms with E-state index in [2.05, 4.69) is 4.90 Å².